The Morgan fingerprint density at radius 1 is 1.44 bits per heavy atom. The number of carbonyl (C=O) groups is 1. The molecule has 4 atom stereocenters. The summed E-state index contributed by atoms with van der Waals surface area (Å²) in [6.07, 6.45) is 3.31. The maximum absolute atomic E-state index is 12.1. The van der Waals surface area contributed by atoms with Crippen LogP contribution >= 0.6 is 0 Å². The zero-order valence-electron chi connectivity index (χ0n) is 12.3. The lowest BCUT2D eigenvalue weighted by atomic mass is 9.91. The van der Waals surface area contributed by atoms with Gasteiger partial charge in [0.05, 0.1) is 6.04 Å². The van der Waals surface area contributed by atoms with E-state index in [0.29, 0.717) is 5.92 Å². The first-order chi connectivity index (χ1) is 8.45. The van der Waals surface area contributed by atoms with Gasteiger partial charge in [-0.2, -0.15) is 0 Å². The molecule has 0 saturated carbocycles. The minimum atomic E-state index is -0.0412. The Morgan fingerprint density at radius 2 is 2.11 bits per heavy atom. The van der Waals surface area contributed by atoms with Crippen LogP contribution in [0.1, 0.15) is 47.0 Å². The van der Waals surface area contributed by atoms with Crippen LogP contribution in [0.25, 0.3) is 0 Å². The number of nitrogens with zero attached hydrogens (tertiary/aromatic N) is 1. The molecule has 1 amide bonds. The van der Waals surface area contributed by atoms with Crippen molar-refractivity contribution in [2.24, 2.45) is 11.7 Å². The van der Waals surface area contributed by atoms with Gasteiger partial charge in [0.25, 0.3) is 0 Å². The zero-order chi connectivity index (χ0) is 13.7. The largest absolute Gasteiger partial charge is 0.352 e. The normalized spacial score (nSPS) is 26.4. The van der Waals surface area contributed by atoms with Gasteiger partial charge in [-0.25, -0.2) is 0 Å². The fraction of sp³-hybridized carbons (Fsp3) is 0.929. The fourth-order valence-corrected chi connectivity index (χ4v) is 2.45. The molecule has 4 heteroatoms. The molecule has 4 nitrogen and oxygen atoms in total. The Morgan fingerprint density at radius 3 is 2.67 bits per heavy atom. The summed E-state index contributed by atoms with van der Waals surface area (Å²) in [4.78, 5) is 14.4. The van der Waals surface area contributed by atoms with E-state index < -0.39 is 0 Å². The summed E-state index contributed by atoms with van der Waals surface area (Å²) in [5.74, 6) is 0.673. The van der Waals surface area contributed by atoms with Crippen molar-refractivity contribution in [1.29, 1.82) is 0 Å². The smallest absolute Gasteiger partial charge is 0.237 e. The topological polar surface area (TPSA) is 58.4 Å². The Bertz CT molecular complexity index is 268. The van der Waals surface area contributed by atoms with Gasteiger partial charge in [-0.3, -0.25) is 9.69 Å². The summed E-state index contributed by atoms with van der Waals surface area (Å²) in [7, 11) is 0. The van der Waals surface area contributed by atoms with E-state index in [1.54, 1.807) is 0 Å². The van der Waals surface area contributed by atoms with E-state index in [2.05, 4.69) is 24.1 Å². The van der Waals surface area contributed by atoms with E-state index in [-0.39, 0.29) is 24.0 Å². The van der Waals surface area contributed by atoms with Crippen molar-refractivity contribution in [2.75, 3.05) is 13.1 Å². The predicted molar refractivity (Wildman–Crippen MR) is 75.3 cm³/mol. The highest BCUT2D eigenvalue weighted by Crippen LogP contribution is 2.20. The summed E-state index contributed by atoms with van der Waals surface area (Å²) < 4.78 is 0. The molecule has 4 unspecified atom stereocenters. The quantitative estimate of drug-likeness (QED) is 0.779. The van der Waals surface area contributed by atoms with Gasteiger partial charge >= 0.3 is 0 Å². The minimum Gasteiger partial charge on any atom is -0.352 e. The third-order valence-corrected chi connectivity index (χ3v) is 4.16. The average Bonchev–Trinajstić information content (AvgIpc) is 2.37. The van der Waals surface area contributed by atoms with Crippen LogP contribution in [-0.2, 0) is 4.79 Å². The van der Waals surface area contributed by atoms with Gasteiger partial charge in [0.1, 0.15) is 0 Å². The number of hydrogen-bond acceptors (Lipinski definition) is 3. The monoisotopic (exact) mass is 255 g/mol. The first kappa shape index (κ1) is 15.4. The molecule has 0 aromatic rings. The number of likely N-dealkylation sites (tertiary alicyclic amines) is 1. The number of nitrogens with two attached hydrogens (primary N) is 1. The van der Waals surface area contributed by atoms with Crippen molar-refractivity contribution >= 4 is 5.91 Å². The van der Waals surface area contributed by atoms with Crippen molar-refractivity contribution in [3.63, 3.8) is 0 Å². The van der Waals surface area contributed by atoms with Crippen molar-refractivity contribution in [3.8, 4) is 0 Å². The van der Waals surface area contributed by atoms with Gasteiger partial charge in [-0.05, 0) is 52.5 Å². The number of hydrogen-bond donors (Lipinski definition) is 2. The predicted octanol–water partition coefficient (Wildman–Crippen LogP) is 1.35. The van der Waals surface area contributed by atoms with E-state index in [9.17, 15) is 4.79 Å². The Labute approximate surface area is 111 Å². The van der Waals surface area contributed by atoms with Gasteiger partial charge in [-0.1, -0.05) is 6.92 Å². The molecule has 0 bridgehead atoms. The van der Waals surface area contributed by atoms with Crippen LogP contribution in [0.5, 0.6) is 0 Å². The highest BCUT2D eigenvalue weighted by atomic mass is 16.2. The molecular weight excluding hydrogens is 226 g/mol. The van der Waals surface area contributed by atoms with Crippen molar-refractivity contribution in [1.82, 2.24) is 10.2 Å². The van der Waals surface area contributed by atoms with Gasteiger partial charge < -0.3 is 11.1 Å². The lowest BCUT2D eigenvalue weighted by molar-refractivity contribution is -0.127. The van der Waals surface area contributed by atoms with Gasteiger partial charge in [-0.15, -0.1) is 0 Å². The van der Waals surface area contributed by atoms with Gasteiger partial charge in [0, 0.05) is 18.6 Å². The molecule has 1 fully saturated rings. The van der Waals surface area contributed by atoms with Crippen LogP contribution in [0.4, 0.5) is 0 Å². The third-order valence-electron chi connectivity index (χ3n) is 4.16. The molecule has 0 aromatic carbocycles. The van der Waals surface area contributed by atoms with Crippen LogP contribution in [0.2, 0.25) is 0 Å². The van der Waals surface area contributed by atoms with Crippen LogP contribution in [0.3, 0.4) is 0 Å². The van der Waals surface area contributed by atoms with Crippen LogP contribution < -0.4 is 11.1 Å². The first-order valence-electron chi connectivity index (χ1n) is 7.25. The Kier molecular flexibility index (Phi) is 6.09. The van der Waals surface area contributed by atoms with E-state index >= 15 is 0 Å². The third kappa shape index (κ3) is 4.25. The van der Waals surface area contributed by atoms with Crippen LogP contribution in [0.15, 0.2) is 0 Å². The molecule has 3 N–H and O–H groups in total. The second kappa shape index (κ2) is 7.10. The average molecular weight is 255 g/mol. The summed E-state index contributed by atoms with van der Waals surface area (Å²) in [5.41, 5.74) is 5.98. The lowest BCUT2D eigenvalue weighted by Gasteiger charge is -2.37. The van der Waals surface area contributed by atoms with E-state index in [0.717, 1.165) is 25.9 Å². The fourth-order valence-electron chi connectivity index (χ4n) is 2.45. The second-order valence-electron chi connectivity index (χ2n) is 5.75. The number of rotatable bonds is 5. The molecule has 18 heavy (non-hydrogen) atoms. The molecule has 1 aliphatic rings. The minimum absolute atomic E-state index is 0.0412. The SMILES string of the molecule is CCC(C)NC(=O)C(C)N1CCCC(C(C)N)C1. The molecule has 1 aliphatic heterocycles. The standard InChI is InChI=1S/C14H29N3O/c1-5-10(2)16-14(18)12(4)17-8-6-7-13(9-17)11(3)15/h10-13H,5-9,15H2,1-4H3,(H,16,18). The van der Waals surface area contributed by atoms with E-state index in [1.807, 2.05) is 13.8 Å². The molecule has 106 valence electrons. The van der Waals surface area contributed by atoms with Crippen molar-refractivity contribution in [3.05, 3.63) is 0 Å². The summed E-state index contributed by atoms with van der Waals surface area (Å²) in [6.45, 7) is 10.2. The molecule has 1 saturated heterocycles. The highest BCUT2D eigenvalue weighted by Gasteiger charge is 2.29. The maximum atomic E-state index is 12.1. The molecule has 1 heterocycles. The number of carbonyl (C=O) groups excluding carboxylic acids is 1. The first-order valence-corrected chi connectivity index (χ1v) is 7.25. The molecule has 0 aromatic heterocycles. The van der Waals surface area contributed by atoms with Crippen molar-refractivity contribution < 1.29 is 4.79 Å². The molecular formula is C14H29N3O. The van der Waals surface area contributed by atoms with Gasteiger partial charge in [0.2, 0.25) is 5.91 Å². The second-order valence-corrected chi connectivity index (χ2v) is 5.75. The van der Waals surface area contributed by atoms with E-state index in [1.165, 1.54) is 6.42 Å². The van der Waals surface area contributed by atoms with E-state index in [4.69, 9.17) is 5.73 Å². The summed E-state index contributed by atoms with van der Waals surface area (Å²) >= 11 is 0. The number of piperidine rings is 1. The summed E-state index contributed by atoms with van der Waals surface area (Å²) in [5, 5.41) is 3.06. The van der Waals surface area contributed by atoms with Gasteiger partial charge in [0.15, 0.2) is 0 Å². The molecule has 1 rings (SSSR count). The summed E-state index contributed by atoms with van der Waals surface area (Å²) in [6, 6.07) is 0.437. The molecule has 0 radical (unpaired) electrons. The van der Waals surface area contributed by atoms with Crippen LogP contribution in [-0.4, -0.2) is 42.0 Å². The number of amides is 1. The molecule has 0 aliphatic carbocycles. The Balaban J connectivity index is 2.50. The lowest BCUT2D eigenvalue weighted by Crippen LogP contribution is -2.52. The number of nitrogens with one attached hydrogen (secondary N) is 1. The van der Waals surface area contributed by atoms with Crippen molar-refractivity contribution in [2.45, 2.75) is 65.1 Å². The Hall–Kier alpha value is -0.610. The molecule has 0 spiro atoms. The van der Waals surface area contributed by atoms with Crippen LogP contribution in [0, 0.1) is 5.92 Å². The highest BCUT2D eigenvalue weighted by molar-refractivity contribution is 5.81. The zero-order valence-corrected chi connectivity index (χ0v) is 12.3. The maximum Gasteiger partial charge on any atom is 0.237 e.